The molecular weight excluding hydrogens is 975 g/mol. The Bertz CT molecular complexity index is 3320. The molecule has 0 spiro atoms. The smallest absolute Gasteiger partial charge is 0.871 e. The third-order valence-electron chi connectivity index (χ3n) is 8.92. The van der Waals surface area contributed by atoms with Crippen LogP contribution >= 0.6 is 0 Å². The van der Waals surface area contributed by atoms with Gasteiger partial charge >= 0.3 is 106 Å². The standard InChI is InChI=1S/C39H29N5O13S3.Cu.3Na/c1-57-31-18-22(11-15-29(31)42-43-36-34(60(54,55)56)20-24-16-26(12-13-27(24)38(36)46)40-25-7-3-2-4-8-25)21-10-14-28(30(45)17-21)41-44-37-33(59(51,52)53)19-23-6-5-9-32(58(48,49)50)35(23)39(37)47;;;;/h2-20,40,45-47H,1H3,(H,48,49,50)(H,51,52,53)(H,54,55,56);;;;/q;+2;3*+1/p-5. The molecule has 0 fully saturated rings. The molecule has 7 aromatic rings. The van der Waals surface area contributed by atoms with Gasteiger partial charge in [-0.3, -0.25) is 4.55 Å². The van der Waals surface area contributed by atoms with Crippen molar-refractivity contribution in [2.75, 3.05) is 12.4 Å². The zero-order valence-electron chi connectivity index (χ0n) is 33.6. The van der Waals surface area contributed by atoms with E-state index < -0.39 is 84.7 Å². The number of ether oxygens (including phenoxy) is 1. The summed E-state index contributed by atoms with van der Waals surface area (Å²) < 4.78 is 112. The van der Waals surface area contributed by atoms with Crippen LogP contribution in [0.3, 0.4) is 0 Å². The number of anilines is 2. The summed E-state index contributed by atoms with van der Waals surface area (Å²) >= 11 is 0. The summed E-state index contributed by atoms with van der Waals surface area (Å²) in [6.07, 6.45) is 0. The van der Waals surface area contributed by atoms with Crippen LogP contribution in [0.1, 0.15) is 0 Å². The molecule has 0 heterocycles. The first-order valence-electron chi connectivity index (χ1n) is 16.9. The van der Waals surface area contributed by atoms with Crippen LogP contribution in [0.15, 0.2) is 150 Å². The van der Waals surface area contributed by atoms with Crippen LogP contribution in [0.2, 0.25) is 0 Å². The molecule has 0 unspecified atom stereocenters. The Morgan fingerprint density at radius 2 is 1.14 bits per heavy atom. The van der Waals surface area contributed by atoms with E-state index in [-0.39, 0.29) is 139 Å². The quantitative estimate of drug-likeness (QED) is 0.0772. The van der Waals surface area contributed by atoms with Crippen molar-refractivity contribution in [3.63, 3.8) is 0 Å². The molecule has 1 radical (unpaired) electrons. The molecule has 0 atom stereocenters. The van der Waals surface area contributed by atoms with E-state index in [1.165, 1.54) is 43.5 Å². The first kappa shape index (κ1) is 54.8. The van der Waals surface area contributed by atoms with Crippen molar-refractivity contribution in [2.45, 2.75) is 14.7 Å². The largest absolute Gasteiger partial charge is 2.00 e. The van der Waals surface area contributed by atoms with E-state index in [1.54, 1.807) is 6.07 Å². The summed E-state index contributed by atoms with van der Waals surface area (Å²) in [5, 5.41) is 57.5. The average molecular weight is 999 g/mol. The third kappa shape index (κ3) is 11.9. The molecule has 2 N–H and O–H groups in total. The number of methoxy groups -OCH3 is 1. The Hall–Kier alpha value is -3.49. The van der Waals surface area contributed by atoms with E-state index in [2.05, 4.69) is 25.8 Å². The molecule has 315 valence electrons. The molecular formula is C39H24CuN5Na3O13S3. The van der Waals surface area contributed by atoms with Crippen molar-refractivity contribution in [1.29, 1.82) is 0 Å². The van der Waals surface area contributed by atoms with Gasteiger partial charge in [-0.25, -0.2) is 16.8 Å². The minimum Gasteiger partial charge on any atom is -0.871 e. The first-order valence-corrected chi connectivity index (χ1v) is 21.2. The van der Waals surface area contributed by atoms with Gasteiger partial charge in [-0.05, 0) is 93.3 Å². The SMILES string of the molecule is COc1cc(-c2ccc(N=Nc3c(S(=O)(=O)[O-])cc4cccc(S(=O)(=O)[O-])c4c3[O-])c([O-])c2)ccc1N=Nc1c(S(=O)(=O)O)cc2cc(Nc3ccccc3)ccc2c1[O-].[Cu+2].[Na+].[Na+].[Na+]. The van der Waals surface area contributed by atoms with Crippen LogP contribution in [0, 0.1) is 0 Å². The molecule has 7 aromatic carbocycles. The normalized spacial score (nSPS) is 11.7. The Morgan fingerprint density at radius 3 is 1.73 bits per heavy atom. The average Bonchev–Trinajstić information content (AvgIpc) is 3.19. The van der Waals surface area contributed by atoms with E-state index in [0.717, 1.165) is 42.1 Å². The van der Waals surface area contributed by atoms with Gasteiger partial charge in [-0.15, -0.1) is 15.3 Å². The van der Waals surface area contributed by atoms with Gasteiger partial charge in [0.2, 0.25) is 0 Å². The maximum Gasteiger partial charge on any atom is 2.00 e. The maximum absolute atomic E-state index is 13.5. The summed E-state index contributed by atoms with van der Waals surface area (Å²) in [5.74, 6) is -2.98. The molecule has 0 saturated heterocycles. The second-order valence-corrected chi connectivity index (χ2v) is 16.8. The zero-order valence-corrected chi connectivity index (χ0v) is 43.0. The fraction of sp³-hybridized carbons (Fsp3) is 0.0256. The number of fused-ring (bicyclic) bond motifs is 2. The monoisotopic (exact) mass is 998 g/mol. The van der Waals surface area contributed by atoms with Gasteiger partial charge in [0.05, 0.1) is 34.0 Å². The fourth-order valence-corrected chi connectivity index (χ4v) is 8.17. The second kappa shape index (κ2) is 21.9. The third-order valence-corrected chi connectivity index (χ3v) is 11.5. The van der Waals surface area contributed by atoms with Crippen molar-refractivity contribution < 1.29 is 165 Å². The summed E-state index contributed by atoms with van der Waals surface area (Å²) in [5.41, 5.74) is -0.284. The number of nitrogens with zero attached hydrogens (tertiary/aromatic N) is 4. The van der Waals surface area contributed by atoms with Crippen LogP contribution in [-0.2, 0) is 47.4 Å². The molecule has 18 nitrogen and oxygen atoms in total. The van der Waals surface area contributed by atoms with E-state index in [9.17, 15) is 54.2 Å². The fourth-order valence-electron chi connectivity index (χ4n) is 6.16. The van der Waals surface area contributed by atoms with E-state index in [0.29, 0.717) is 17.3 Å². The molecule has 7 rings (SSSR count). The number of nitrogens with one attached hydrogen (secondary N) is 1. The number of rotatable bonds is 11. The van der Waals surface area contributed by atoms with Crippen molar-refractivity contribution >= 4 is 86.0 Å². The van der Waals surface area contributed by atoms with Gasteiger partial charge in [-0.1, -0.05) is 71.8 Å². The summed E-state index contributed by atoms with van der Waals surface area (Å²) in [6, 6.07) is 26.4. The van der Waals surface area contributed by atoms with Crippen molar-refractivity contribution in [2.24, 2.45) is 20.5 Å². The van der Waals surface area contributed by atoms with Crippen molar-refractivity contribution in [3.05, 3.63) is 115 Å². The van der Waals surface area contributed by atoms with E-state index >= 15 is 0 Å². The number of hydrogen-bond acceptors (Lipinski definition) is 17. The van der Waals surface area contributed by atoms with Gasteiger partial charge < -0.3 is 34.5 Å². The van der Waals surface area contributed by atoms with Crippen LogP contribution in [0.25, 0.3) is 32.7 Å². The molecule has 25 heteroatoms. The minimum atomic E-state index is -5.40. The predicted octanol–water partition coefficient (Wildman–Crippen LogP) is -2.47. The van der Waals surface area contributed by atoms with Crippen LogP contribution < -0.4 is 114 Å². The van der Waals surface area contributed by atoms with Crippen molar-refractivity contribution in [1.82, 2.24) is 0 Å². The van der Waals surface area contributed by atoms with Crippen molar-refractivity contribution in [3.8, 4) is 34.1 Å². The maximum atomic E-state index is 13.5. The first-order chi connectivity index (χ1) is 28.3. The van der Waals surface area contributed by atoms with Crippen LogP contribution in [0.4, 0.5) is 34.1 Å². The molecule has 0 aliphatic carbocycles. The second-order valence-electron chi connectivity index (χ2n) is 12.7. The molecule has 0 bridgehead atoms. The Morgan fingerprint density at radius 1 is 0.562 bits per heavy atom. The summed E-state index contributed by atoms with van der Waals surface area (Å²) in [7, 11) is -14.3. The van der Waals surface area contributed by atoms with Gasteiger partial charge in [0, 0.05) is 11.4 Å². The van der Waals surface area contributed by atoms with Gasteiger partial charge in [0.1, 0.15) is 36.6 Å². The van der Waals surface area contributed by atoms with Crippen LogP contribution in [-0.4, -0.2) is 46.0 Å². The van der Waals surface area contributed by atoms with Crippen LogP contribution in [0.5, 0.6) is 23.0 Å². The number of benzene rings is 7. The predicted molar refractivity (Wildman–Crippen MR) is 208 cm³/mol. The minimum absolute atomic E-state index is 0. The molecule has 64 heavy (non-hydrogen) atoms. The number of azo groups is 2. The van der Waals surface area contributed by atoms with E-state index in [4.69, 9.17) is 4.74 Å². The topological polar surface area (TPSA) is 309 Å². The Balaban J connectivity index is 0.00000272. The van der Waals surface area contributed by atoms with E-state index in [1.807, 2.05) is 30.3 Å². The Labute approximate surface area is 442 Å². The Kier molecular flexibility index (Phi) is 18.7. The van der Waals surface area contributed by atoms with Gasteiger partial charge in [0.15, 0.2) is 0 Å². The molecule has 0 aliphatic rings. The molecule has 0 aromatic heterocycles. The van der Waals surface area contributed by atoms with Gasteiger partial charge in [-0.2, -0.15) is 13.5 Å². The summed E-state index contributed by atoms with van der Waals surface area (Å²) in [6.45, 7) is 0. The molecule has 0 saturated carbocycles. The summed E-state index contributed by atoms with van der Waals surface area (Å²) in [4.78, 5) is -2.93. The number of para-hydroxylation sites is 1. The zero-order chi connectivity index (χ0) is 43.1. The molecule has 0 amide bonds. The van der Waals surface area contributed by atoms with Gasteiger partial charge in [0.25, 0.3) is 10.1 Å². The molecule has 0 aliphatic heterocycles. The number of hydrogen-bond donors (Lipinski definition) is 2.